The first kappa shape index (κ1) is 8.70. The topological polar surface area (TPSA) is 33.1 Å². The van der Waals surface area contributed by atoms with Crippen LogP contribution in [-0.2, 0) is 0 Å². The summed E-state index contributed by atoms with van der Waals surface area (Å²) in [4.78, 5) is 4.29. The third-order valence-corrected chi connectivity index (χ3v) is 2.60. The van der Waals surface area contributed by atoms with E-state index in [1.165, 1.54) is 0 Å². The van der Waals surface area contributed by atoms with E-state index in [0.717, 1.165) is 29.7 Å². The Hall–Kier alpha value is -0.890. The SMILES string of the molecule is Cc1cnc(C(O)C2CC2)c(C)c1. The minimum atomic E-state index is -0.333. The fourth-order valence-corrected chi connectivity index (χ4v) is 1.67. The molecule has 1 aliphatic rings. The highest BCUT2D eigenvalue weighted by Gasteiger charge is 2.32. The molecule has 0 saturated heterocycles. The molecule has 70 valence electrons. The molecule has 1 fully saturated rings. The average molecular weight is 177 g/mol. The van der Waals surface area contributed by atoms with Crippen LogP contribution in [0.2, 0.25) is 0 Å². The van der Waals surface area contributed by atoms with E-state index in [9.17, 15) is 5.11 Å². The van der Waals surface area contributed by atoms with E-state index in [1.54, 1.807) is 0 Å². The fraction of sp³-hybridized carbons (Fsp3) is 0.545. The molecule has 1 heterocycles. The van der Waals surface area contributed by atoms with Gasteiger partial charge in [0.15, 0.2) is 0 Å². The van der Waals surface area contributed by atoms with Crippen molar-refractivity contribution in [3.05, 3.63) is 29.1 Å². The summed E-state index contributed by atoms with van der Waals surface area (Å²) in [6, 6.07) is 2.08. The first-order valence-electron chi connectivity index (χ1n) is 4.79. The van der Waals surface area contributed by atoms with Crippen molar-refractivity contribution in [1.29, 1.82) is 0 Å². The molecule has 1 atom stereocenters. The summed E-state index contributed by atoms with van der Waals surface area (Å²) in [5.41, 5.74) is 3.14. The monoisotopic (exact) mass is 177 g/mol. The zero-order valence-electron chi connectivity index (χ0n) is 8.12. The molecule has 0 amide bonds. The van der Waals surface area contributed by atoms with Crippen molar-refractivity contribution in [2.45, 2.75) is 32.8 Å². The van der Waals surface area contributed by atoms with Gasteiger partial charge >= 0.3 is 0 Å². The molecular weight excluding hydrogens is 162 g/mol. The standard InChI is InChI=1S/C11H15NO/c1-7-5-8(2)10(12-6-7)11(13)9-3-4-9/h5-6,9,11,13H,3-4H2,1-2H3. The first-order chi connectivity index (χ1) is 6.18. The van der Waals surface area contributed by atoms with Gasteiger partial charge in [0.25, 0.3) is 0 Å². The number of rotatable bonds is 2. The number of nitrogens with zero attached hydrogens (tertiary/aromatic N) is 1. The van der Waals surface area contributed by atoms with Gasteiger partial charge in [0.05, 0.1) is 11.8 Å². The average Bonchev–Trinajstić information content (AvgIpc) is 2.85. The van der Waals surface area contributed by atoms with Crippen LogP contribution < -0.4 is 0 Å². The molecule has 1 saturated carbocycles. The van der Waals surface area contributed by atoms with Crippen LogP contribution in [0.1, 0.15) is 35.8 Å². The molecular formula is C11H15NO. The number of aliphatic hydroxyl groups is 1. The highest BCUT2D eigenvalue weighted by Crippen LogP contribution is 2.40. The molecule has 1 aromatic rings. The Morgan fingerprint density at radius 1 is 1.46 bits per heavy atom. The van der Waals surface area contributed by atoms with Crippen LogP contribution in [0.15, 0.2) is 12.3 Å². The molecule has 1 unspecified atom stereocenters. The van der Waals surface area contributed by atoms with Crippen molar-refractivity contribution in [2.75, 3.05) is 0 Å². The number of aliphatic hydroxyl groups excluding tert-OH is 1. The molecule has 0 bridgehead atoms. The second-order valence-electron chi connectivity index (χ2n) is 4.00. The van der Waals surface area contributed by atoms with Gasteiger partial charge in [0.2, 0.25) is 0 Å². The number of aromatic nitrogens is 1. The molecule has 1 N–H and O–H groups in total. The van der Waals surface area contributed by atoms with E-state index < -0.39 is 0 Å². The zero-order valence-corrected chi connectivity index (χ0v) is 8.12. The lowest BCUT2D eigenvalue weighted by Crippen LogP contribution is -2.05. The second-order valence-corrected chi connectivity index (χ2v) is 4.00. The van der Waals surface area contributed by atoms with Crippen LogP contribution in [0.4, 0.5) is 0 Å². The Kier molecular flexibility index (Phi) is 2.08. The van der Waals surface area contributed by atoms with Gasteiger partial charge in [0.1, 0.15) is 0 Å². The molecule has 0 radical (unpaired) electrons. The minimum Gasteiger partial charge on any atom is -0.387 e. The summed E-state index contributed by atoms with van der Waals surface area (Å²) in [6.45, 7) is 4.04. The van der Waals surface area contributed by atoms with Crippen LogP contribution in [-0.4, -0.2) is 10.1 Å². The van der Waals surface area contributed by atoms with E-state index >= 15 is 0 Å². The smallest absolute Gasteiger partial charge is 0.0990 e. The first-order valence-corrected chi connectivity index (χ1v) is 4.79. The summed E-state index contributed by atoms with van der Waals surface area (Å²) in [5.74, 6) is 0.467. The summed E-state index contributed by atoms with van der Waals surface area (Å²) in [7, 11) is 0. The van der Waals surface area contributed by atoms with Gasteiger partial charge in [-0.1, -0.05) is 6.07 Å². The second kappa shape index (κ2) is 3.11. The summed E-state index contributed by atoms with van der Waals surface area (Å²) in [6.07, 6.45) is 3.79. The van der Waals surface area contributed by atoms with E-state index in [1.807, 2.05) is 20.0 Å². The Morgan fingerprint density at radius 2 is 2.15 bits per heavy atom. The predicted octanol–water partition coefficient (Wildman–Crippen LogP) is 2.14. The number of pyridine rings is 1. The van der Waals surface area contributed by atoms with Gasteiger partial charge in [-0.2, -0.15) is 0 Å². The van der Waals surface area contributed by atoms with Crippen molar-refractivity contribution < 1.29 is 5.11 Å². The van der Waals surface area contributed by atoms with E-state index in [4.69, 9.17) is 0 Å². The number of aryl methyl sites for hydroxylation is 2. The molecule has 2 nitrogen and oxygen atoms in total. The Bertz CT molecular complexity index is 318. The molecule has 1 aliphatic carbocycles. The van der Waals surface area contributed by atoms with Gasteiger partial charge in [0, 0.05) is 6.20 Å². The Balaban J connectivity index is 2.28. The quantitative estimate of drug-likeness (QED) is 0.750. The van der Waals surface area contributed by atoms with Crippen LogP contribution in [0.3, 0.4) is 0 Å². The van der Waals surface area contributed by atoms with Gasteiger partial charge in [-0.15, -0.1) is 0 Å². The van der Waals surface area contributed by atoms with Gasteiger partial charge < -0.3 is 5.11 Å². The van der Waals surface area contributed by atoms with Crippen LogP contribution in [0, 0.1) is 19.8 Å². The van der Waals surface area contributed by atoms with Crippen LogP contribution in [0.25, 0.3) is 0 Å². The lowest BCUT2D eigenvalue weighted by molar-refractivity contribution is 0.148. The molecule has 0 aliphatic heterocycles. The Morgan fingerprint density at radius 3 is 2.69 bits per heavy atom. The van der Waals surface area contributed by atoms with Gasteiger partial charge in [-0.3, -0.25) is 4.98 Å². The fourth-order valence-electron chi connectivity index (χ4n) is 1.67. The predicted molar refractivity (Wildman–Crippen MR) is 51.4 cm³/mol. The van der Waals surface area contributed by atoms with Gasteiger partial charge in [-0.05, 0) is 43.7 Å². The number of hydrogen-bond donors (Lipinski definition) is 1. The summed E-state index contributed by atoms with van der Waals surface area (Å²) >= 11 is 0. The van der Waals surface area contributed by atoms with E-state index in [0.29, 0.717) is 5.92 Å². The van der Waals surface area contributed by atoms with E-state index in [-0.39, 0.29) is 6.10 Å². The van der Waals surface area contributed by atoms with Crippen molar-refractivity contribution >= 4 is 0 Å². The third-order valence-electron chi connectivity index (χ3n) is 2.60. The van der Waals surface area contributed by atoms with E-state index in [2.05, 4.69) is 11.1 Å². The van der Waals surface area contributed by atoms with Crippen molar-refractivity contribution in [3.63, 3.8) is 0 Å². The zero-order chi connectivity index (χ0) is 9.42. The third kappa shape index (κ3) is 1.73. The molecule has 0 spiro atoms. The highest BCUT2D eigenvalue weighted by molar-refractivity contribution is 5.25. The number of hydrogen-bond acceptors (Lipinski definition) is 2. The van der Waals surface area contributed by atoms with Crippen molar-refractivity contribution in [1.82, 2.24) is 4.98 Å². The lowest BCUT2D eigenvalue weighted by atomic mass is 10.1. The Labute approximate surface area is 78.6 Å². The van der Waals surface area contributed by atoms with Crippen LogP contribution in [0.5, 0.6) is 0 Å². The molecule has 2 heteroatoms. The largest absolute Gasteiger partial charge is 0.387 e. The van der Waals surface area contributed by atoms with Crippen LogP contribution >= 0.6 is 0 Å². The minimum absolute atomic E-state index is 0.333. The maximum Gasteiger partial charge on any atom is 0.0990 e. The highest BCUT2D eigenvalue weighted by atomic mass is 16.3. The molecule has 2 rings (SSSR count). The summed E-state index contributed by atoms with van der Waals surface area (Å²) in [5, 5.41) is 9.87. The normalized spacial score (nSPS) is 18.7. The van der Waals surface area contributed by atoms with Crippen molar-refractivity contribution in [3.8, 4) is 0 Å². The van der Waals surface area contributed by atoms with Gasteiger partial charge in [-0.25, -0.2) is 0 Å². The molecule has 0 aromatic carbocycles. The maximum atomic E-state index is 9.87. The molecule has 13 heavy (non-hydrogen) atoms. The molecule has 1 aromatic heterocycles. The maximum absolute atomic E-state index is 9.87. The van der Waals surface area contributed by atoms with Crippen molar-refractivity contribution in [2.24, 2.45) is 5.92 Å². The lowest BCUT2D eigenvalue weighted by Gasteiger charge is -2.11. The summed E-state index contributed by atoms with van der Waals surface area (Å²) < 4.78 is 0.